The molecule has 2 heterocycles. The third-order valence-electron chi connectivity index (χ3n) is 5.09. The van der Waals surface area contributed by atoms with Crippen molar-refractivity contribution < 1.29 is 13.2 Å². The van der Waals surface area contributed by atoms with Crippen LogP contribution in [-0.2, 0) is 16.6 Å². The number of nitrogens with zero attached hydrogens (tertiary/aromatic N) is 1. The highest BCUT2D eigenvalue weighted by Crippen LogP contribution is 2.21. The minimum atomic E-state index is -3.46. The summed E-state index contributed by atoms with van der Waals surface area (Å²) in [5, 5.41) is 4.00. The van der Waals surface area contributed by atoms with Gasteiger partial charge in [-0.1, -0.05) is 6.07 Å². The molecule has 0 unspecified atom stereocenters. The van der Waals surface area contributed by atoms with Crippen molar-refractivity contribution in [2.24, 2.45) is 0 Å². The number of aromatic amines is 1. The lowest BCUT2D eigenvalue weighted by Gasteiger charge is -2.15. The maximum atomic E-state index is 12.6. The molecule has 4 rings (SSSR count). The molecule has 1 amide bonds. The van der Waals surface area contributed by atoms with Crippen molar-refractivity contribution in [1.82, 2.24) is 14.6 Å². The molecule has 28 heavy (non-hydrogen) atoms. The number of amides is 1. The van der Waals surface area contributed by atoms with Gasteiger partial charge in [0.25, 0.3) is 5.91 Å². The summed E-state index contributed by atoms with van der Waals surface area (Å²) in [6.07, 6.45) is 1.79. The van der Waals surface area contributed by atoms with Crippen LogP contribution in [0.25, 0.3) is 10.9 Å². The Hall–Kier alpha value is -2.64. The SMILES string of the molecule is Cc1cc2cc(CNC(=O)c3ccc(S(=O)(=O)N4CCCC4)cc3)ccc2[nH]1. The maximum absolute atomic E-state index is 12.6. The number of H-pyrrole nitrogens is 1. The van der Waals surface area contributed by atoms with Gasteiger partial charge < -0.3 is 10.3 Å². The van der Waals surface area contributed by atoms with Crippen LogP contribution in [0.1, 0.15) is 34.5 Å². The predicted molar refractivity (Wildman–Crippen MR) is 109 cm³/mol. The van der Waals surface area contributed by atoms with E-state index >= 15 is 0 Å². The lowest BCUT2D eigenvalue weighted by atomic mass is 10.1. The van der Waals surface area contributed by atoms with E-state index < -0.39 is 10.0 Å². The minimum Gasteiger partial charge on any atom is -0.359 e. The number of nitrogens with one attached hydrogen (secondary N) is 2. The number of carbonyl (C=O) groups excluding carboxylic acids is 1. The van der Waals surface area contributed by atoms with Crippen molar-refractivity contribution in [3.63, 3.8) is 0 Å². The van der Waals surface area contributed by atoms with Crippen molar-refractivity contribution >= 4 is 26.8 Å². The van der Waals surface area contributed by atoms with Crippen molar-refractivity contribution in [3.8, 4) is 0 Å². The van der Waals surface area contributed by atoms with Crippen LogP contribution in [0.3, 0.4) is 0 Å². The Morgan fingerprint density at radius 2 is 1.79 bits per heavy atom. The fourth-order valence-corrected chi connectivity index (χ4v) is 5.09. The fraction of sp³-hybridized carbons (Fsp3) is 0.286. The summed E-state index contributed by atoms with van der Waals surface area (Å²) in [6.45, 7) is 3.55. The average molecular weight is 398 g/mol. The minimum absolute atomic E-state index is 0.226. The summed E-state index contributed by atoms with van der Waals surface area (Å²) in [5.41, 5.74) is 3.62. The summed E-state index contributed by atoms with van der Waals surface area (Å²) in [4.78, 5) is 15.9. The van der Waals surface area contributed by atoms with E-state index in [1.54, 1.807) is 12.1 Å². The highest BCUT2D eigenvalue weighted by Gasteiger charge is 2.27. The molecule has 1 saturated heterocycles. The number of fused-ring (bicyclic) bond motifs is 1. The number of rotatable bonds is 5. The second-order valence-corrected chi connectivity index (χ2v) is 9.13. The largest absolute Gasteiger partial charge is 0.359 e. The van der Waals surface area contributed by atoms with Gasteiger partial charge in [-0.2, -0.15) is 4.31 Å². The number of sulfonamides is 1. The predicted octanol–water partition coefficient (Wildman–Crippen LogP) is 3.19. The van der Waals surface area contributed by atoms with Gasteiger partial charge in [-0.3, -0.25) is 4.79 Å². The van der Waals surface area contributed by atoms with Crippen molar-refractivity contribution in [2.45, 2.75) is 31.2 Å². The summed E-state index contributed by atoms with van der Waals surface area (Å²) >= 11 is 0. The van der Waals surface area contributed by atoms with Crippen molar-refractivity contribution in [2.75, 3.05) is 13.1 Å². The molecule has 6 nitrogen and oxygen atoms in total. The smallest absolute Gasteiger partial charge is 0.251 e. The van der Waals surface area contributed by atoms with Gasteiger partial charge in [0.2, 0.25) is 10.0 Å². The molecule has 0 atom stereocenters. The standard InChI is InChI=1S/C21H23N3O3S/c1-15-12-18-13-16(4-9-20(18)23-15)14-22-21(25)17-5-7-19(8-6-17)28(26,27)24-10-2-3-11-24/h4-9,12-13,23H,2-3,10-11,14H2,1H3,(H,22,25). The monoisotopic (exact) mass is 397 g/mol. The Morgan fingerprint density at radius 1 is 1.07 bits per heavy atom. The number of aromatic nitrogens is 1. The first-order valence-corrected chi connectivity index (χ1v) is 10.8. The van der Waals surface area contributed by atoms with Crippen molar-refractivity contribution in [3.05, 3.63) is 65.4 Å². The Labute approximate surface area is 164 Å². The van der Waals surface area contributed by atoms with Crippen LogP contribution in [0.15, 0.2) is 53.4 Å². The third kappa shape index (κ3) is 3.68. The average Bonchev–Trinajstić information content (AvgIpc) is 3.35. The fourth-order valence-electron chi connectivity index (χ4n) is 3.58. The molecule has 0 aliphatic carbocycles. The summed E-state index contributed by atoms with van der Waals surface area (Å²) in [6, 6.07) is 14.2. The first kappa shape index (κ1) is 18.7. The zero-order valence-corrected chi connectivity index (χ0v) is 16.6. The molecule has 3 aromatic rings. The molecule has 2 N–H and O–H groups in total. The Bertz CT molecular complexity index is 1110. The maximum Gasteiger partial charge on any atom is 0.251 e. The van der Waals surface area contributed by atoms with Crippen LogP contribution in [0.5, 0.6) is 0 Å². The van der Waals surface area contributed by atoms with Crippen molar-refractivity contribution in [1.29, 1.82) is 0 Å². The highest BCUT2D eigenvalue weighted by atomic mass is 32.2. The van der Waals surface area contributed by atoms with Gasteiger partial charge >= 0.3 is 0 Å². The lowest BCUT2D eigenvalue weighted by molar-refractivity contribution is 0.0951. The zero-order valence-electron chi connectivity index (χ0n) is 15.7. The molecular weight excluding hydrogens is 374 g/mol. The lowest BCUT2D eigenvalue weighted by Crippen LogP contribution is -2.28. The van der Waals surface area contributed by atoms with Gasteiger partial charge in [0, 0.05) is 36.4 Å². The van der Waals surface area contributed by atoms with E-state index in [1.807, 2.05) is 25.1 Å². The topological polar surface area (TPSA) is 82.3 Å². The molecule has 0 bridgehead atoms. The first-order valence-electron chi connectivity index (χ1n) is 9.40. The van der Waals surface area contributed by atoms with E-state index in [4.69, 9.17) is 0 Å². The zero-order chi connectivity index (χ0) is 19.7. The normalized spacial score (nSPS) is 15.2. The van der Waals surface area contributed by atoms with Gasteiger partial charge in [-0.05, 0) is 73.2 Å². The third-order valence-corrected chi connectivity index (χ3v) is 7.01. The van der Waals surface area contributed by atoms with Crippen LogP contribution in [0, 0.1) is 6.92 Å². The second-order valence-electron chi connectivity index (χ2n) is 7.19. The Morgan fingerprint density at radius 3 is 2.50 bits per heavy atom. The van der Waals surface area contributed by atoms with Gasteiger partial charge in [0.15, 0.2) is 0 Å². The van der Waals surface area contributed by atoms with Crippen LogP contribution in [0.2, 0.25) is 0 Å². The van der Waals surface area contributed by atoms with Gasteiger partial charge in [0.05, 0.1) is 4.90 Å². The van der Waals surface area contributed by atoms with Gasteiger partial charge in [-0.15, -0.1) is 0 Å². The van der Waals surface area contributed by atoms with Crippen LogP contribution < -0.4 is 5.32 Å². The highest BCUT2D eigenvalue weighted by molar-refractivity contribution is 7.89. The summed E-state index contributed by atoms with van der Waals surface area (Å²) in [5.74, 6) is -0.226. The molecule has 1 aliphatic rings. The summed E-state index contributed by atoms with van der Waals surface area (Å²) in [7, 11) is -3.46. The first-order chi connectivity index (χ1) is 13.4. The molecule has 2 aromatic carbocycles. The molecule has 7 heteroatoms. The van der Waals surface area contributed by atoms with E-state index in [0.717, 1.165) is 35.0 Å². The molecule has 1 aromatic heterocycles. The van der Waals surface area contributed by atoms with Crippen LogP contribution >= 0.6 is 0 Å². The second kappa shape index (κ2) is 7.41. The number of hydrogen-bond acceptors (Lipinski definition) is 3. The Kier molecular flexibility index (Phi) is 4.95. The number of benzene rings is 2. The Balaban J connectivity index is 1.43. The van der Waals surface area contributed by atoms with Gasteiger partial charge in [-0.25, -0.2) is 8.42 Å². The van der Waals surface area contributed by atoms with E-state index in [9.17, 15) is 13.2 Å². The van der Waals surface area contributed by atoms with E-state index in [-0.39, 0.29) is 10.8 Å². The van der Waals surface area contributed by atoms with Crippen LogP contribution in [-0.4, -0.2) is 36.7 Å². The van der Waals surface area contributed by atoms with E-state index in [0.29, 0.717) is 25.2 Å². The molecule has 1 aliphatic heterocycles. The number of aryl methyl sites for hydroxylation is 1. The molecule has 0 saturated carbocycles. The van der Waals surface area contributed by atoms with E-state index in [2.05, 4.69) is 16.4 Å². The molecule has 146 valence electrons. The summed E-state index contributed by atoms with van der Waals surface area (Å²) < 4.78 is 26.6. The number of carbonyl (C=O) groups is 1. The van der Waals surface area contributed by atoms with Gasteiger partial charge in [0.1, 0.15) is 0 Å². The number of hydrogen-bond donors (Lipinski definition) is 2. The molecule has 0 spiro atoms. The van der Waals surface area contributed by atoms with Crippen LogP contribution in [0.4, 0.5) is 0 Å². The quantitative estimate of drug-likeness (QED) is 0.694. The molecular formula is C21H23N3O3S. The molecule has 1 fully saturated rings. The molecule has 0 radical (unpaired) electrons. The van der Waals surface area contributed by atoms with E-state index in [1.165, 1.54) is 16.4 Å².